The molecule has 0 unspecified atom stereocenters. The van der Waals surface area contributed by atoms with Crippen molar-refractivity contribution in [2.45, 2.75) is 57.9 Å². The number of fused-ring (bicyclic) bond motifs is 1. The summed E-state index contributed by atoms with van der Waals surface area (Å²) >= 11 is 0. The molecular formula is C19H27N5. The molecule has 2 fully saturated rings. The topological polar surface area (TPSA) is 53.9 Å². The van der Waals surface area contributed by atoms with Gasteiger partial charge in [-0.3, -0.25) is 4.90 Å². The Morgan fingerprint density at radius 3 is 2.58 bits per heavy atom. The average molecular weight is 325 g/mol. The summed E-state index contributed by atoms with van der Waals surface area (Å²) in [5, 5.41) is 4.74. The number of pyridine rings is 1. The maximum absolute atomic E-state index is 4.57. The van der Waals surface area contributed by atoms with Crippen molar-refractivity contribution in [2.24, 2.45) is 0 Å². The highest BCUT2D eigenvalue weighted by Crippen LogP contribution is 2.38. The van der Waals surface area contributed by atoms with E-state index in [2.05, 4.69) is 38.2 Å². The van der Waals surface area contributed by atoms with Crippen molar-refractivity contribution in [2.75, 3.05) is 25.0 Å². The van der Waals surface area contributed by atoms with E-state index in [9.17, 15) is 0 Å². The summed E-state index contributed by atoms with van der Waals surface area (Å²) in [6.07, 6.45) is 9.64. The molecule has 5 nitrogen and oxygen atoms in total. The first kappa shape index (κ1) is 15.8. The SMILES string of the molecule is Cc1cc(C)c2c(NCC3(N4CCCC4)CCCC3)ncnc2n1. The fourth-order valence-corrected chi connectivity index (χ4v) is 4.62. The lowest BCUT2D eigenvalue weighted by Crippen LogP contribution is -2.50. The van der Waals surface area contributed by atoms with Crippen molar-refractivity contribution in [1.82, 2.24) is 19.9 Å². The number of likely N-dealkylation sites (tertiary alicyclic amines) is 1. The minimum Gasteiger partial charge on any atom is -0.368 e. The lowest BCUT2D eigenvalue weighted by Gasteiger charge is -2.39. The number of hydrogen-bond acceptors (Lipinski definition) is 5. The quantitative estimate of drug-likeness (QED) is 0.933. The number of nitrogens with zero attached hydrogens (tertiary/aromatic N) is 4. The molecule has 2 aliphatic rings. The third-order valence-corrected chi connectivity index (χ3v) is 5.83. The molecule has 1 N–H and O–H groups in total. The fourth-order valence-electron chi connectivity index (χ4n) is 4.62. The fraction of sp³-hybridized carbons (Fsp3) is 0.632. The van der Waals surface area contributed by atoms with Gasteiger partial charge in [-0.1, -0.05) is 12.8 Å². The molecular weight excluding hydrogens is 298 g/mol. The van der Waals surface area contributed by atoms with Gasteiger partial charge in [0.25, 0.3) is 0 Å². The minimum atomic E-state index is 0.319. The van der Waals surface area contributed by atoms with E-state index >= 15 is 0 Å². The molecule has 0 bridgehead atoms. The van der Waals surface area contributed by atoms with Crippen LogP contribution in [0, 0.1) is 13.8 Å². The van der Waals surface area contributed by atoms with Crippen molar-refractivity contribution in [1.29, 1.82) is 0 Å². The molecule has 128 valence electrons. The van der Waals surface area contributed by atoms with Gasteiger partial charge in [0.2, 0.25) is 0 Å². The Balaban J connectivity index is 1.62. The van der Waals surface area contributed by atoms with Crippen molar-refractivity contribution in [3.05, 3.63) is 23.7 Å². The molecule has 0 radical (unpaired) electrons. The first-order chi connectivity index (χ1) is 11.7. The van der Waals surface area contributed by atoms with Crippen LogP contribution >= 0.6 is 0 Å². The van der Waals surface area contributed by atoms with Crippen molar-refractivity contribution in [3.63, 3.8) is 0 Å². The largest absolute Gasteiger partial charge is 0.368 e. The maximum Gasteiger partial charge on any atom is 0.165 e. The zero-order chi connectivity index (χ0) is 16.6. The summed E-state index contributed by atoms with van der Waals surface area (Å²) in [5.41, 5.74) is 3.32. The summed E-state index contributed by atoms with van der Waals surface area (Å²) in [4.78, 5) is 16.2. The predicted octanol–water partition coefficient (Wildman–Crippen LogP) is 3.46. The molecule has 2 aromatic rings. The summed E-state index contributed by atoms with van der Waals surface area (Å²) < 4.78 is 0. The molecule has 0 amide bonds. The van der Waals surface area contributed by atoms with Gasteiger partial charge in [-0.15, -0.1) is 0 Å². The maximum atomic E-state index is 4.57. The van der Waals surface area contributed by atoms with Gasteiger partial charge in [-0.25, -0.2) is 15.0 Å². The standard InChI is InChI=1S/C19H27N5/c1-14-11-15(2)23-18-16(14)17(21-13-22-18)20-12-19(7-3-4-8-19)24-9-5-6-10-24/h11,13H,3-10,12H2,1-2H3,(H,20,21,22,23). The number of anilines is 1. The second kappa shape index (κ2) is 6.28. The number of aromatic nitrogens is 3. The first-order valence-electron chi connectivity index (χ1n) is 9.26. The Kier molecular flexibility index (Phi) is 4.12. The zero-order valence-electron chi connectivity index (χ0n) is 14.8. The van der Waals surface area contributed by atoms with E-state index in [1.165, 1.54) is 57.2 Å². The zero-order valence-corrected chi connectivity index (χ0v) is 14.8. The van der Waals surface area contributed by atoms with Crippen LogP contribution in [0.1, 0.15) is 49.8 Å². The molecule has 2 aromatic heterocycles. The van der Waals surface area contributed by atoms with Crippen LogP contribution in [0.25, 0.3) is 11.0 Å². The Morgan fingerprint density at radius 2 is 1.83 bits per heavy atom. The van der Waals surface area contributed by atoms with Crippen LogP contribution in [0.15, 0.2) is 12.4 Å². The molecule has 0 atom stereocenters. The first-order valence-corrected chi connectivity index (χ1v) is 9.26. The van der Waals surface area contributed by atoms with Crippen molar-refractivity contribution in [3.8, 4) is 0 Å². The Bertz CT molecular complexity index is 730. The van der Waals surface area contributed by atoms with E-state index in [1.54, 1.807) is 6.33 Å². The normalized spacial score (nSPS) is 20.8. The van der Waals surface area contributed by atoms with Crippen molar-refractivity contribution >= 4 is 16.9 Å². The van der Waals surface area contributed by atoms with Gasteiger partial charge < -0.3 is 5.32 Å². The summed E-state index contributed by atoms with van der Waals surface area (Å²) in [6.45, 7) is 7.63. The number of rotatable bonds is 4. The van der Waals surface area contributed by atoms with Gasteiger partial charge in [0, 0.05) is 17.8 Å². The Morgan fingerprint density at radius 1 is 1.08 bits per heavy atom. The average Bonchev–Trinajstić information content (AvgIpc) is 3.24. The molecule has 1 aliphatic carbocycles. The van der Waals surface area contributed by atoms with Gasteiger partial charge >= 0.3 is 0 Å². The molecule has 5 heteroatoms. The van der Waals surface area contributed by atoms with Crippen LogP contribution in [0.4, 0.5) is 5.82 Å². The lowest BCUT2D eigenvalue weighted by molar-refractivity contribution is 0.135. The summed E-state index contributed by atoms with van der Waals surface area (Å²) in [7, 11) is 0. The van der Waals surface area contributed by atoms with Gasteiger partial charge in [-0.2, -0.15) is 0 Å². The molecule has 1 saturated carbocycles. The Labute approximate surface area is 143 Å². The molecule has 1 saturated heterocycles. The second-order valence-corrected chi connectivity index (χ2v) is 7.48. The van der Waals surface area contributed by atoms with E-state index in [-0.39, 0.29) is 0 Å². The van der Waals surface area contributed by atoms with E-state index in [0.717, 1.165) is 29.1 Å². The summed E-state index contributed by atoms with van der Waals surface area (Å²) in [5.74, 6) is 0.940. The number of nitrogens with one attached hydrogen (secondary N) is 1. The van der Waals surface area contributed by atoms with Crippen LogP contribution in [-0.4, -0.2) is 45.0 Å². The van der Waals surface area contributed by atoms with Gasteiger partial charge in [0.05, 0.1) is 5.39 Å². The molecule has 0 spiro atoms. The molecule has 1 aliphatic heterocycles. The van der Waals surface area contributed by atoms with Crippen LogP contribution in [0.3, 0.4) is 0 Å². The third kappa shape index (κ3) is 2.75. The number of aryl methyl sites for hydroxylation is 2. The van der Waals surface area contributed by atoms with E-state index in [0.29, 0.717) is 5.54 Å². The lowest BCUT2D eigenvalue weighted by atomic mass is 9.95. The molecule has 24 heavy (non-hydrogen) atoms. The van der Waals surface area contributed by atoms with E-state index < -0.39 is 0 Å². The van der Waals surface area contributed by atoms with Gasteiger partial charge in [0.1, 0.15) is 12.1 Å². The highest BCUT2D eigenvalue weighted by molar-refractivity contribution is 5.89. The van der Waals surface area contributed by atoms with Crippen LogP contribution in [-0.2, 0) is 0 Å². The highest BCUT2D eigenvalue weighted by Gasteiger charge is 2.40. The predicted molar refractivity (Wildman–Crippen MR) is 97.3 cm³/mol. The monoisotopic (exact) mass is 325 g/mol. The van der Waals surface area contributed by atoms with Crippen LogP contribution in [0.2, 0.25) is 0 Å². The van der Waals surface area contributed by atoms with Gasteiger partial charge in [-0.05, 0) is 64.3 Å². The molecule has 3 heterocycles. The second-order valence-electron chi connectivity index (χ2n) is 7.48. The van der Waals surface area contributed by atoms with E-state index in [1.807, 2.05) is 6.92 Å². The third-order valence-electron chi connectivity index (χ3n) is 5.83. The molecule has 0 aromatic carbocycles. The van der Waals surface area contributed by atoms with Crippen LogP contribution in [0.5, 0.6) is 0 Å². The van der Waals surface area contributed by atoms with Crippen LogP contribution < -0.4 is 5.32 Å². The molecule has 4 rings (SSSR count). The highest BCUT2D eigenvalue weighted by atomic mass is 15.2. The van der Waals surface area contributed by atoms with E-state index in [4.69, 9.17) is 0 Å². The van der Waals surface area contributed by atoms with Gasteiger partial charge in [0.15, 0.2) is 5.65 Å². The minimum absolute atomic E-state index is 0.319. The Hall–Kier alpha value is -1.75. The smallest absolute Gasteiger partial charge is 0.165 e. The number of hydrogen-bond donors (Lipinski definition) is 1. The van der Waals surface area contributed by atoms with Crippen molar-refractivity contribution < 1.29 is 0 Å². The summed E-state index contributed by atoms with van der Waals surface area (Å²) in [6, 6.07) is 2.11.